The molecule has 0 fully saturated rings. The van der Waals surface area contributed by atoms with Gasteiger partial charge < -0.3 is 14.2 Å². The molecule has 2 aromatic rings. The van der Waals surface area contributed by atoms with Crippen LogP contribution >= 0.6 is 0 Å². The largest absolute Gasteiger partial charge is 0.496 e. The van der Waals surface area contributed by atoms with Crippen LogP contribution in [0.15, 0.2) is 48.0 Å². The minimum atomic E-state index is -0.270. The van der Waals surface area contributed by atoms with E-state index in [1.54, 1.807) is 25.1 Å². The Morgan fingerprint density at radius 2 is 1.72 bits per heavy atom. The van der Waals surface area contributed by atoms with Crippen LogP contribution in [-0.2, 0) is 0 Å². The molecule has 5 nitrogen and oxygen atoms in total. The number of rotatable bonds is 5. The highest BCUT2D eigenvalue weighted by Gasteiger charge is 2.31. The molecule has 0 N–H and O–H groups in total. The number of Topliss-reactive ketones (excluding diaryl/α,β-unsaturated/α-hetero) is 1. The number of carbonyl (C=O) groups is 2. The van der Waals surface area contributed by atoms with E-state index in [1.165, 1.54) is 20.3 Å². The maximum Gasteiger partial charge on any atom is 0.197 e. The molecule has 1 aliphatic carbocycles. The summed E-state index contributed by atoms with van der Waals surface area (Å²) in [4.78, 5) is 25.4. The van der Waals surface area contributed by atoms with Crippen LogP contribution in [0.5, 0.6) is 17.2 Å². The molecule has 0 saturated heterocycles. The first-order valence-electron chi connectivity index (χ1n) is 7.79. The molecule has 0 unspecified atom stereocenters. The second kappa shape index (κ2) is 6.81. The summed E-state index contributed by atoms with van der Waals surface area (Å²) in [6, 6.07) is 10.7. The van der Waals surface area contributed by atoms with E-state index in [9.17, 15) is 9.59 Å². The molecule has 3 rings (SSSR count). The second-order valence-electron chi connectivity index (χ2n) is 5.62. The molecule has 0 saturated carbocycles. The van der Waals surface area contributed by atoms with Gasteiger partial charge in [0.1, 0.15) is 23.9 Å². The maximum absolute atomic E-state index is 12.9. The van der Waals surface area contributed by atoms with Crippen LogP contribution in [0, 0.1) is 6.92 Å². The SMILES string of the molecule is COc1cc2c(c(OC)c1C)C(=O)C(COc1ccccc1)=CC2=O. The van der Waals surface area contributed by atoms with E-state index in [2.05, 4.69) is 0 Å². The average Bonchev–Trinajstić information content (AvgIpc) is 2.63. The Morgan fingerprint density at radius 3 is 2.36 bits per heavy atom. The highest BCUT2D eigenvalue weighted by atomic mass is 16.5. The molecular weight excluding hydrogens is 320 g/mol. The molecule has 0 spiro atoms. The van der Waals surface area contributed by atoms with Gasteiger partial charge in [0.25, 0.3) is 0 Å². The summed E-state index contributed by atoms with van der Waals surface area (Å²) in [7, 11) is 2.98. The molecule has 25 heavy (non-hydrogen) atoms. The summed E-state index contributed by atoms with van der Waals surface area (Å²) in [5, 5.41) is 0. The normalized spacial score (nSPS) is 13.2. The fourth-order valence-corrected chi connectivity index (χ4v) is 2.87. The van der Waals surface area contributed by atoms with Crippen LogP contribution in [0.3, 0.4) is 0 Å². The topological polar surface area (TPSA) is 61.8 Å². The van der Waals surface area contributed by atoms with Crippen molar-refractivity contribution in [3.8, 4) is 17.2 Å². The van der Waals surface area contributed by atoms with Crippen LogP contribution in [0.2, 0.25) is 0 Å². The van der Waals surface area contributed by atoms with Gasteiger partial charge in [0.05, 0.1) is 19.8 Å². The van der Waals surface area contributed by atoms with Gasteiger partial charge in [-0.1, -0.05) is 18.2 Å². The molecule has 2 aromatic carbocycles. The third-order valence-corrected chi connectivity index (χ3v) is 4.13. The zero-order valence-corrected chi connectivity index (χ0v) is 14.3. The Morgan fingerprint density at radius 1 is 1.00 bits per heavy atom. The number of fused-ring (bicyclic) bond motifs is 1. The molecule has 1 aliphatic rings. The van der Waals surface area contributed by atoms with Gasteiger partial charge in [0.2, 0.25) is 0 Å². The average molecular weight is 338 g/mol. The highest BCUT2D eigenvalue weighted by molar-refractivity contribution is 6.26. The number of hydrogen-bond donors (Lipinski definition) is 0. The van der Waals surface area contributed by atoms with Crippen molar-refractivity contribution in [2.45, 2.75) is 6.92 Å². The number of benzene rings is 2. The van der Waals surface area contributed by atoms with Gasteiger partial charge in [0, 0.05) is 16.7 Å². The van der Waals surface area contributed by atoms with E-state index in [-0.39, 0.29) is 29.3 Å². The van der Waals surface area contributed by atoms with Crippen LogP contribution in [0.25, 0.3) is 0 Å². The summed E-state index contributed by atoms with van der Waals surface area (Å²) >= 11 is 0. The summed E-state index contributed by atoms with van der Waals surface area (Å²) in [5.41, 5.74) is 1.52. The fraction of sp³-hybridized carbons (Fsp3) is 0.200. The third kappa shape index (κ3) is 3.01. The molecule has 5 heteroatoms. The number of hydrogen-bond acceptors (Lipinski definition) is 5. The van der Waals surface area contributed by atoms with Crippen molar-refractivity contribution in [2.75, 3.05) is 20.8 Å². The lowest BCUT2D eigenvalue weighted by atomic mass is 9.87. The van der Waals surface area contributed by atoms with Crippen molar-refractivity contribution < 1.29 is 23.8 Å². The second-order valence-corrected chi connectivity index (χ2v) is 5.62. The van der Waals surface area contributed by atoms with Gasteiger partial charge in [-0.3, -0.25) is 9.59 Å². The standard InChI is InChI=1S/C20H18O5/c1-12-17(23-2)10-15-16(21)9-13(19(22)18(15)20(12)24-3)11-25-14-7-5-4-6-8-14/h4-10H,11H2,1-3H3. The van der Waals surface area contributed by atoms with E-state index in [0.29, 0.717) is 28.4 Å². The van der Waals surface area contributed by atoms with E-state index in [1.807, 2.05) is 18.2 Å². The molecule has 0 bridgehead atoms. The number of ketones is 2. The number of ether oxygens (including phenoxy) is 3. The number of methoxy groups -OCH3 is 2. The monoisotopic (exact) mass is 338 g/mol. The van der Waals surface area contributed by atoms with Crippen molar-refractivity contribution in [1.82, 2.24) is 0 Å². The predicted octanol–water partition coefficient (Wildman–Crippen LogP) is 3.40. The zero-order valence-electron chi connectivity index (χ0n) is 14.3. The van der Waals surface area contributed by atoms with E-state index >= 15 is 0 Å². The zero-order chi connectivity index (χ0) is 18.0. The van der Waals surface area contributed by atoms with Crippen LogP contribution in [-0.4, -0.2) is 32.4 Å². The molecule has 0 aromatic heterocycles. The fourth-order valence-electron chi connectivity index (χ4n) is 2.87. The van der Waals surface area contributed by atoms with Gasteiger partial charge in [-0.2, -0.15) is 0 Å². The smallest absolute Gasteiger partial charge is 0.197 e. The van der Waals surface area contributed by atoms with Gasteiger partial charge >= 0.3 is 0 Å². The maximum atomic E-state index is 12.9. The lowest BCUT2D eigenvalue weighted by molar-refractivity contribution is 0.0971. The van der Waals surface area contributed by atoms with E-state index in [0.717, 1.165) is 0 Å². The Labute approximate surface area is 145 Å². The molecule has 128 valence electrons. The van der Waals surface area contributed by atoms with Gasteiger partial charge in [0.15, 0.2) is 11.6 Å². The quantitative estimate of drug-likeness (QED) is 0.836. The van der Waals surface area contributed by atoms with Gasteiger partial charge in [-0.25, -0.2) is 0 Å². The molecule has 0 amide bonds. The van der Waals surface area contributed by atoms with Crippen LogP contribution < -0.4 is 14.2 Å². The molecule has 0 aliphatic heterocycles. The lowest BCUT2D eigenvalue weighted by Gasteiger charge is -2.21. The predicted molar refractivity (Wildman–Crippen MR) is 93.0 cm³/mol. The highest BCUT2D eigenvalue weighted by Crippen LogP contribution is 2.38. The van der Waals surface area contributed by atoms with Gasteiger partial charge in [-0.05, 0) is 31.2 Å². The Kier molecular flexibility index (Phi) is 4.57. The summed E-state index contributed by atoms with van der Waals surface area (Å²) in [5.74, 6) is 0.963. The molecular formula is C20H18O5. The van der Waals surface area contributed by atoms with Crippen molar-refractivity contribution in [3.63, 3.8) is 0 Å². The van der Waals surface area contributed by atoms with Crippen molar-refractivity contribution >= 4 is 11.6 Å². The number of carbonyl (C=O) groups excluding carboxylic acids is 2. The molecule has 0 radical (unpaired) electrons. The van der Waals surface area contributed by atoms with Crippen molar-refractivity contribution in [2.24, 2.45) is 0 Å². The minimum absolute atomic E-state index is 0.0161. The van der Waals surface area contributed by atoms with Crippen molar-refractivity contribution in [3.05, 3.63) is 64.7 Å². The number of para-hydroxylation sites is 1. The Balaban J connectivity index is 1.97. The first kappa shape index (κ1) is 16.8. The van der Waals surface area contributed by atoms with Crippen LogP contribution in [0.4, 0.5) is 0 Å². The number of allylic oxidation sites excluding steroid dienone is 1. The van der Waals surface area contributed by atoms with E-state index < -0.39 is 0 Å². The third-order valence-electron chi connectivity index (χ3n) is 4.13. The minimum Gasteiger partial charge on any atom is -0.496 e. The van der Waals surface area contributed by atoms with Crippen molar-refractivity contribution in [1.29, 1.82) is 0 Å². The van der Waals surface area contributed by atoms with Crippen LogP contribution in [0.1, 0.15) is 26.3 Å². The molecule has 0 heterocycles. The summed E-state index contributed by atoms with van der Waals surface area (Å²) in [6.07, 6.45) is 1.32. The van der Waals surface area contributed by atoms with E-state index in [4.69, 9.17) is 14.2 Å². The Hall–Kier alpha value is -3.08. The lowest BCUT2D eigenvalue weighted by Crippen LogP contribution is -2.22. The van der Waals surface area contributed by atoms with Gasteiger partial charge in [-0.15, -0.1) is 0 Å². The summed E-state index contributed by atoms with van der Waals surface area (Å²) < 4.78 is 16.3. The summed E-state index contributed by atoms with van der Waals surface area (Å²) in [6.45, 7) is 1.80. The first-order chi connectivity index (χ1) is 12.1. The molecule has 0 atom stereocenters. The first-order valence-corrected chi connectivity index (χ1v) is 7.79. The Bertz CT molecular complexity index is 865.